The van der Waals surface area contributed by atoms with Crippen molar-refractivity contribution in [3.63, 3.8) is 0 Å². The van der Waals surface area contributed by atoms with Gasteiger partial charge in [-0.3, -0.25) is 4.79 Å². The van der Waals surface area contributed by atoms with Crippen molar-refractivity contribution < 1.29 is 14.3 Å². The Balaban J connectivity index is 1.81. The highest BCUT2D eigenvalue weighted by molar-refractivity contribution is 5.80. The van der Waals surface area contributed by atoms with Crippen molar-refractivity contribution in [1.82, 2.24) is 0 Å². The summed E-state index contributed by atoms with van der Waals surface area (Å²) in [5, 5.41) is 9.38. The van der Waals surface area contributed by atoms with Gasteiger partial charge in [0.25, 0.3) is 0 Å². The molecule has 3 nitrogen and oxygen atoms in total. The maximum absolute atomic E-state index is 13.5. The largest absolute Gasteiger partial charge is 0.504 e. The Morgan fingerprint density at radius 1 is 1.04 bits per heavy atom. The number of carbonyl (C=O) groups excluding carboxylic acids is 1. The van der Waals surface area contributed by atoms with E-state index in [0.717, 1.165) is 24.7 Å². The molecule has 0 amide bonds. The molecule has 4 heteroatoms. The van der Waals surface area contributed by atoms with E-state index < -0.39 is 11.6 Å². The first-order chi connectivity index (χ1) is 11.2. The molecule has 23 heavy (non-hydrogen) atoms. The summed E-state index contributed by atoms with van der Waals surface area (Å²) in [6.45, 7) is 2.18. The molecule has 2 aromatic carbocycles. The van der Waals surface area contributed by atoms with Crippen LogP contribution in [0.3, 0.4) is 0 Å². The van der Waals surface area contributed by atoms with Gasteiger partial charge in [0.15, 0.2) is 17.9 Å². The zero-order chi connectivity index (χ0) is 16.2. The summed E-state index contributed by atoms with van der Waals surface area (Å²) in [4.78, 5) is 13.1. The van der Waals surface area contributed by atoms with Gasteiger partial charge in [0.05, 0.1) is 5.56 Å². The van der Waals surface area contributed by atoms with E-state index in [1.54, 1.807) is 0 Å². The average Bonchev–Trinajstić information content (AvgIpc) is 3.11. The second-order valence-corrected chi connectivity index (χ2v) is 5.50. The van der Waals surface area contributed by atoms with Gasteiger partial charge in [-0.1, -0.05) is 11.8 Å². The molecule has 0 aromatic heterocycles. The van der Waals surface area contributed by atoms with E-state index in [0.29, 0.717) is 11.8 Å². The summed E-state index contributed by atoms with van der Waals surface area (Å²) in [5.74, 6) is 4.28. The van der Waals surface area contributed by atoms with Gasteiger partial charge in [0, 0.05) is 29.9 Å². The predicted octanol–water partition coefficient (Wildman–Crippen LogP) is 3.34. The number of hydrogen-bond acceptors (Lipinski definition) is 3. The second-order valence-electron chi connectivity index (χ2n) is 5.50. The van der Waals surface area contributed by atoms with Crippen LogP contribution in [0.25, 0.3) is 0 Å². The molecular weight excluding hydrogens is 293 g/mol. The van der Waals surface area contributed by atoms with E-state index in [1.807, 2.05) is 24.3 Å². The monoisotopic (exact) mass is 309 g/mol. The molecule has 1 heterocycles. The summed E-state index contributed by atoms with van der Waals surface area (Å²) in [6.07, 6.45) is 2.87. The van der Waals surface area contributed by atoms with Crippen LogP contribution in [0.2, 0.25) is 0 Å². The molecule has 0 bridgehead atoms. The molecule has 0 saturated carbocycles. The van der Waals surface area contributed by atoms with Crippen molar-refractivity contribution in [3.05, 3.63) is 58.9 Å². The first-order valence-electron chi connectivity index (χ1n) is 7.52. The zero-order valence-electron chi connectivity index (χ0n) is 12.6. The van der Waals surface area contributed by atoms with Crippen molar-refractivity contribution >= 4 is 12.0 Å². The molecule has 1 aliphatic heterocycles. The van der Waals surface area contributed by atoms with Gasteiger partial charge in [-0.15, -0.1) is 0 Å². The normalized spacial score (nSPS) is 13.5. The molecule has 0 spiro atoms. The number of carbonyl (C=O) groups is 1. The lowest BCUT2D eigenvalue weighted by Crippen LogP contribution is -2.17. The number of aldehydes is 1. The van der Waals surface area contributed by atoms with E-state index in [9.17, 15) is 14.3 Å². The molecule has 0 unspecified atom stereocenters. The number of aromatic hydroxyl groups is 1. The molecule has 116 valence electrons. The first-order valence-corrected chi connectivity index (χ1v) is 7.52. The Morgan fingerprint density at radius 2 is 1.70 bits per heavy atom. The molecule has 0 atom stereocenters. The summed E-state index contributed by atoms with van der Waals surface area (Å²) >= 11 is 0. The average molecular weight is 309 g/mol. The molecule has 1 saturated heterocycles. The Hall–Kier alpha value is -2.80. The number of hydrogen-bond donors (Lipinski definition) is 1. The molecule has 0 aliphatic carbocycles. The fourth-order valence-corrected chi connectivity index (χ4v) is 2.66. The second kappa shape index (κ2) is 6.53. The van der Waals surface area contributed by atoms with Gasteiger partial charge in [-0.2, -0.15) is 0 Å². The predicted molar refractivity (Wildman–Crippen MR) is 87.3 cm³/mol. The SMILES string of the molecule is O=Cc1cc(C#Cc2ccc(N3CCCC3)cc2)cc(F)c1O. The molecule has 1 aliphatic rings. The van der Waals surface area contributed by atoms with Crippen LogP contribution in [-0.4, -0.2) is 24.5 Å². The third-order valence-corrected chi connectivity index (χ3v) is 3.91. The maximum atomic E-state index is 13.5. The van der Waals surface area contributed by atoms with E-state index in [1.165, 1.54) is 24.6 Å². The maximum Gasteiger partial charge on any atom is 0.166 e. The van der Waals surface area contributed by atoms with Crippen molar-refractivity contribution in [3.8, 4) is 17.6 Å². The lowest BCUT2D eigenvalue weighted by molar-refractivity contribution is 0.112. The lowest BCUT2D eigenvalue weighted by Gasteiger charge is -2.17. The van der Waals surface area contributed by atoms with Gasteiger partial charge >= 0.3 is 0 Å². The molecule has 1 fully saturated rings. The van der Waals surface area contributed by atoms with Crippen LogP contribution in [-0.2, 0) is 0 Å². The highest BCUT2D eigenvalue weighted by Gasteiger charge is 2.11. The lowest BCUT2D eigenvalue weighted by atomic mass is 10.1. The third-order valence-electron chi connectivity index (χ3n) is 3.91. The number of rotatable bonds is 2. The summed E-state index contributed by atoms with van der Waals surface area (Å²) in [7, 11) is 0. The Morgan fingerprint density at radius 3 is 2.35 bits per heavy atom. The van der Waals surface area contributed by atoms with Crippen LogP contribution in [0.5, 0.6) is 5.75 Å². The molecular formula is C19H16FNO2. The minimum Gasteiger partial charge on any atom is -0.504 e. The van der Waals surface area contributed by atoms with Crippen molar-refractivity contribution in [2.45, 2.75) is 12.8 Å². The number of benzene rings is 2. The van der Waals surface area contributed by atoms with Crippen LogP contribution < -0.4 is 4.90 Å². The zero-order valence-corrected chi connectivity index (χ0v) is 12.6. The molecule has 3 rings (SSSR count). The fourth-order valence-electron chi connectivity index (χ4n) is 2.66. The van der Waals surface area contributed by atoms with E-state index in [2.05, 4.69) is 16.7 Å². The van der Waals surface area contributed by atoms with Crippen molar-refractivity contribution in [2.75, 3.05) is 18.0 Å². The van der Waals surface area contributed by atoms with Gasteiger partial charge < -0.3 is 10.0 Å². The topological polar surface area (TPSA) is 40.5 Å². The summed E-state index contributed by atoms with van der Waals surface area (Å²) < 4.78 is 13.5. The number of anilines is 1. The van der Waals surface area contributed by atoms with Crippen LogP contribution >= 0.6 is 0 Å². The Labute approximate surface area is 134 Å². The Kier molecular flexibility index (Phi) is 4.29. The minimum atomic E-state index is -0.844. The van der Waals surface area contributed by atoms with E-state index in [4.69, 9.17) is 0 Å². The summed E-state index contributed by atoms with van der Waals surface area (Å²) in [5.41, 5.74) is 2.26. The highest BCUT2D eigenvalue weighted by Crippen LogP contribution is 2.22. The standard InChI is InChI=1S/C19H16FNO2/c20-18-12-15(11-16(13-22)19(18)23)4-3-14-5-7-17(8-6-14)21-9-1-2-10-21/h5-8,11-13,23H,1-2,9-10H2. The van der Waals surface area contributed by atoms with Gasteiger partial charge in [-0.25, -0.2) is 4.39 Å². The summed E-state index contributed by atoms with van der Waals surface area (Å²) in [6, 6.07) is 10.4. The van der Waals surface area contributed by atoms with Crippen LogP contribution in [0.15, 0.2) is 36.4 Å². The van der Waals surface area contributed by atoms with Crippen LogP contribution in [0, 0.1) is 17.7 Å². The molecule has 0 radical (unpaired) electrons. The van der Waals surface area contributed by atoms with Gasteiger partial charge in [0.1, 0.15) is 0 Å². The van der Waals surface area contributed by atoms with E-state index in [-0.39, 0.29) is 5.56 Å². The quantitative estimate of drug-likeness (QED) is 0.683. The van der Waals surface area contributed by atoms with Gasteiger partial charge in [-0.05, 0) is 49.2 Å². The van der Waals surface area contributed by atoms with Crippen molar-refractivity contribution in [2.24, 2.45) is 0 Å². The number of phenols is 1. The van der Waals surface area contributed by atoms with E-state index >= 15 is 0 Å². The van der Waals surface area contributed by atoms with Crippen LogP contribution in [0.1, 0.15) is 34.3 Å². The molecule has 1 N–H and O–H groups in total. The first kappa shape index (κ1) is 15.1. The number of phenolic OH excluding ortho intramolecular Hbond substituents is 1. The number of nitrogens with zero attached hydrogens (tertiary/aromatic N) is 1. The third kappa shape index (κ3) is 3.35. The molecule has 2 aromatic rings. The highest BCUT2D eigenvalue weighted by atomic mass is 19.1. The fraction of sp³-hybridized carbons (Fsp3) is 0.211. The van der Waals surface area contributed by atoms with Gasteiger partial charge in [0.2, 0.25) is 0 Å². The van der Waals surface area contributed by atoms with Crippen molar-refractivity contribution in [1.29, 1.82) is 0 Å². The smallest absolute Gasteiger partial charge is 0.166 e. The Bertz CT molecular complexity index is 781. The number of halogens is 1. The van der Waals surface area contributed by atoms with Crippen LogP contribution in [0.4, 0.5) is 10.1 Å². The minimum absolute atomic E-state index is 0.0984.